The molecule has 1 aliphatic heterocycles. The zero-order valence-electron chi connectivity index (χ0n) is 15.1. The molecule has 0 aromatic heterocycles. The Balaban J connectivity index is 2.39. The third-order valence-electron chi connectivity index (χ3n) is 4.21. The molecule has 0 aromatic rings. The molecular weight excluding hydrogens is 280 g/mol. The van der Waals surface area contributed by atoms with Gasteiger partial charge < -0.3 is 20.1 Å². The molecule has 0 aromatic carbocycles. The molecule has 1 saturated heterocycles. The molecule has 0 bridgehead atoms. The smallest absolute Gasteiger partial charge is 0.407 e. The van der Waals surface area contributed by atoms with Crippen LogP contribution in [0.25, 0.3) is 0 Å². The number of hydrogen-bond donors (Lipinski definition) is 2. The topological polar surface area (TPSA) is 59.6 Å². The Bertz CT molecular complexity index is 354. The van der Waals surface area contributed by atoms with Gasteiger partial charge in [0.05, 0.1) is 5.60 Å². The Kier molecular flexibility index (Phi) is 7.13. The Morgan fingerprint density at radius 1 is 1.41 bits per heavy atom. The zero-order valence-corrected chi connectivity index (χ0v) is 15.1. The van der Waals surface area contributed by atoms with E-state index in [-0.39, 0.29) is 17.7 Å². The number of carbonyl (C=O) groups is 1. The highest BCUT2D eigenvalue weighted by Crippen LogP contribution is 2.27. The first-order valence-electron chi connectivity index (χ1n) is 8.54. The Morgan fingerprint density at radius 3 is 2.64 bits per heavy atom. The predicted molar refractivity (Wildman–Crippen MR) is 89.1 cm³/mol. The molecule has 0 spiro atoms. The summed E-state index contributed by atoms with van der Waals surface area (Å²) in [6, 6.07) is 0.541. The number of carbonyl (C=O) groups excluding carboxylic acids is 1. The number of hydrogen-bond acceptors (Lipinski definition) is 4. The van der Waals surface area contributed by atoms with Crippen LogP contribution < -0.4 is 10.6 Å². The van der Waals surface area contributed by atoms with Crippen molar-refractivity contribution in [3.8, 4) is 0 Å². The number of nitrogens with one attached hydrogen (secondary N) is 2. The van der Waals surface area contributed by atoms with E-state index in [9.17, 15) is 4.79 Å². The van der Waals surface area contributed by atoms with E-state index >= 15 is 0 Å². The average molecular weight is 314 g/mol. The van der Waals surface area contributed by atoms with E-state index in [2.05, 4.69) is 31.4 Å². The van der Waals surface area contributed by atoms with Crippen LogP contribution in [0.3, 0.4) is 0 Å². The molecule has 1 heterocycles. The Labute approximate surface area is 135 Å². The molecule has 1 rings (SSSR count). The first-order chi connectivity index (χ1) is 10.2. The van der Waals surface area contributed by atoms with Crippen LogP contribution >= 0.6 is 0 Å². The molecule has 3 unspecified atom stereocenters. The molecule has 0 radical (unpaired) electrons. The number of alkyl carbamates (subject to hydrolysis) is 1. The van der Waals surface area contributed by atoms with Crippen molar-refractivity contribution < 1.29 is 14.3 Å². The van der Waals surface area contributed by atoms with Gasteiger partial charge in [0.1, 0.15) is 5.60 Å². The van der Waals surface area contributed by atoms with E-state index in [1.807, 2.05) is 20.8 Å². The summed E-state index contributed by atoms with van der Waals surface area (Å²) in [4.78, 5) is 11.8. The van der Waals surface area contributed by atoms with Gasteiger partial charge in [-0.2, -0.15) is 0 Å². The first-order valence-corrected chi connectivity index (χ1v) is 8.54. The molecule has 1 amide bonds. The fourth-order valence-corrected chi connectivity index (χ4v) is 2.63. The summed E-state index contributed by atoms with van der Waals surface area (Å²) in [5.41, 5.74) is -0.477. The maximum Gasteiger partial charge on any atom is 0.407 e. The molecule has 5 heteroatoms. The first kappa shape index (κ1) is 19.2. The summed E-state index contributed by atoms with van der Waals surface area (Å²) in [6.07, 6.45) is 3.61. The highest BCUT2D eigenvalue weighted by molar-refractivity contribution is 5.68. The third-order valence-corrected chi connectivity index (χ3v) is 4.21. The normalized spacial score (nSPS) is 27.3. The van der Waals surface area contributed by atoms with Crippen molar-refractivity contribution >= 4 is 6.09 Å². The number of rotatable bonds is 6. The van der Waals surface area contributed by atoms with Crippen LogP contribution in [0.5, 0.6) is 0 Å². The van der Waals surface area contributed by atoms with Gasteiger partial charge in [-0.1, -0.05) is 13.8 Å². The van der Waals surface area contributed by atoms with Gasteiger partial charge in [0, 0.05) is 25.2 Å². The van der Waals surface area contributed by atoms with Gasteiger partial charge >= 0.3 is 6.09 Å². The number of amides is 1. The van der Waals surface area contributed by atoms with Crippen LogP contribution in [0.2, 0.25) is 0 Å². The van der Waals surface area contributed by atoms with E-state index < -0.39 is 5.60 Å². The molecule has 1 aliphatic rings. The van der Waals surface area contributed by atoms with Crippen molar-refractivity contribution in [2.45, 2.75) is 90.5 Å². The van der Waals surface area contributed by atoms with Gasteiger partial charge in [-0.3, -0.25) is 0 Å². The zero-order chi connectivity index (χ0) is 16.8. The second-order valence-electron chi connectivity index (χ2n) is 7.50. The standard InChI is InChI=1S/C17H34N2O3/c1-7-13(19-15(20)22-16(3,4)5)12-18-14-9-10-21-17(6,8-2)11-14/h13-14,18H,7-12H2,1-6H3,(H,19,20). The van der Waals surface area contributed by atoms with Crippen LogP contribution in [0.1, 0.15) is 67.2 Å². The summed E-state index contributed by atoms with van der Waals surface area (Å²) in [5, 5.41) is 6.52. The highest BCUT2D eigenvalue weighted by Gasteiger charge is 2.31. The molecule has 22 heavy (non-hydrogen) atoms. The van der Waals surface area contributed by atoms with Crippen molar-refractivity contribution in [1.29, 1.82) is 0 Å². The minimum Gasteiger partial charge on any atom is -0.444 e. The van der Waals surface area contributed by atoms with Gasteiger partial charge in [-0.05, 0) is 53.4 Å². The lowest BCUT2D eigenvalue weighted by atomic mass is 9.90. The van der Waals surface area contributed by atoms with E-state index in [1.54, 1.807) is 0 Å². The quantitative estimate of drug-likeness (QED) is 0.790. The minimum absolute atomic E-state index is 0.0176. The largest absolute Gasteiger partial charge is 0.444 e. The van der Waals surface area contributed by atoms with E-state index in [4.69, 9.17) is 9.47 Å². The highest BCUT2D eigenvalue weighted by atomic mass is 16.6. The lowest BCUT2D eigenvalue weighted by Gasteiger charge is -2.38. The summed E-state index contributed by atoms with van der Waals surface area (Å²) in [7, 11) is 0. The maximum atomic E-state index is 11.8. The molecule has 0 saturated carbocycles. The minimum atomic E-state index is -0.459. The fourth-order valence-electron chi connectivity index (χ4n) is 2.63. The van der Waals surface area contributed by atoms with Crippen LogP contribution in [0, 0.1) is 0 Å². The molecule has 0 aliphatic carbocycles. The third kappa shape index (κ3) is 6.97. The maximum absolute atomic E-state index is 11.8. The van der Waals surface area contributed by atoms with Gasteiger partial charge in [-0.15, -0.1) is 0 Å². The lowest BCUT2D eigenvalue weighted by Crippen LogP contribution is -2.50. The molecule has 3 atom stereocenters. The van der Waals surface area contributed by atoms with Gasteiger partial charge in [0.15, 0.2) is 0 Å². The fraction of sp³-hybridized carbons (Fsp3) is 0.941. The van der Waals surface area contributed by atoms with E-state index in [1.165, 1.54) is 0 Å². The average Bonchev–Trinajstić information content (AvgIpc) is 2.41. The van der Waals surface area contributed by atoms with Gasteiger partial charge in [-0.25, -0.2) is 4.79 Å². The Morgan fingerprint density at radius 2 is 2.09 bits per heavy atom. The molecular formula is C17H34N2O3. The second kappa shape index (κ2) is 8.16. The van der Waals surface area contributed by atoms with Crippen LogP contribution in [0.4, 0.5) is 4.79 Å². The molecule has 1 fully saturated rings. The molecule has 2 N–H and O–H groups in total. The van der Waals surface area contributed by atoms with Gasteiger partial charge in [0.2, 0.25) is 0 Å². The number of ether oxygens (including phenoxy) is 2. The van der Waals surface area contributed by atoms with Crippen molar-refractivity contribution in [2.75, 3.05) is 13.2 Å². The molecule has 130 valence electrons. The summed E-state index contributed by atoms with van der Waals surface area (Å²) < 4.78 is 11.2. The van der Waals surface area contributed by atoms with Crippen molar-refractivity contribution in [3.05, 3.63) is 0 Å². The van der Waals surface area contributed by atoms with Crippen molar-refractivity contribution in [1.82, 2.24) is 10.6 Å². The predicted octanol–water partition coefficient (Wildman–Crippen LogP) is 3.23. The van der Waals surface area contributed by atoms with E-state index in [0.29, 0.717) is 6.04 Å². The SMILES string of the molecule is CCC(CNC1CCOC(C)(CC)C1)NC(=O)OC(C)(C)C. The van der Waals surface area contributed by atoms with Crippen LogP contribution in [0.15, 0.2) is 0 Å². The summed E-state index contributed by atoms with van der Waals surface area (Å²) in [5.74, 6) is 0. The lowest BCUT2D eigenvalue weighted by molar-refractivity contribution is -0.0780. The van der Waals surface area contributed by atoms with Crippen molar-refractivity contribution in [2.24, 2.45) is 0 Å². The summed E-state index contributed by atoms with van der Waals surface area (Å²) >= 11 is 0. The van der Waals surface area contributed by atoms with Crippen molar-refractivity contribution in [3.63, 3.8) is 0 Å². The van der Waals surface area contributed by atoms with Crippen LogP contribution in [-0.4, -0.2) is 42.5 Å². The second-order valence-corrected chi connectivity index (χ2v) is 7.50. The summed E-state index contributed by atoms with van der Waals surface area (Å²) in [6.45, 7) is 13.6. The molecule has 5 nitrogen and oxygen atoms in total. The van der Waals surface area contributed by atoms with Gasteiger partial charge in [0.25, 0.3) is 0 Å². The monoisotopic (exact) mass is 314 g/mol. The van der Waals surface area contributed by atoms with Crippen LogP contribution in [-0.2, 0) is 9.47 Å². The Hall–Kier alpha value is -0.810. The van der Waals surface area contributed by atoms with E-state index in [0.717, 1.165) is 38.8 Å².